The molecule has 0 bridgehead atoms. The molecule has 1 heterocycles. The van der Waals surface area contributed by atoms with Gasteiger partial charge in [-0.2, -0.15) is 0 Å². The lowest BCUT2D eigenvalue weighted by atomic mass is 9.92. The summed E-state index contributed by atoms with van der Waals surface area (Å²) in [5.41, 5.74) is 1.21. The van der Waals surface area contributed by atoms with Crippen molar-refractivity contribution in [2.75, 3.05) is 19.8 Å². The van der Waals surface area contributed by atoms with E-state index in [9.17, 15) is 0 Å². The molecule has 94 valence electrons. The van der Waals surface area contributed by atoms with Gasteiger partial charge in [0.1, 0.15) is 0 Å². The third-order valence-electron chi connectivity index (χ3n) is 3.29. The molecule has 1 aromatic carbocycles. The fourth-order valence-electron chi connectivity index (χ4n) is 2.37. The highest BCUT2D eigenvalue weighted by atomic mass is 35.5. The maximum atomic E-state index is 6.30. The summed E-state index contributed by atoms with van der Waals surface area (Å²) in [7, 11) is 0. The number of ether oxygens (including phenoxy) is 1. The molecule has 2 nitrogen and oxygen atoms in total. The molecule has 2 unspecified atom stereocenters. The summed E-state index contributed by atoms with van der Waals surface area (Å²) in [5, 5.41) is 4.46. The Balaban J connectivity index is 2.16. The van der Waals surface area contributed by atoms with Crippen molar-refractivity contribution in [2.24, 2.45) is 5.92 Å². The van der Waals surface area contributed by atoms with Crippen LogP contribution < -0.4 is 5.32 Å². The molecule has 2 atom stereocenters. The number of halogens is 1. The molecule has 1 N–H and O–H groups in total. The van der Waals surface area contributed by atoms with Crippen LogP contribution in [0.4, 0.5) is 0 Å². The Morgan fingerprint density at radius 3 is 2.94 bits per heavy atom. The molecular weight excluding hydrogens is 234 g/mol. The standard InChI is InChI=1S/C14H20ClNO/c1-2-8-16-14(11-7-9-17-10-11)12-5-3-4-6-13(12)15/h3-6,11,14,16H,2,7-10H2,1H3. The van der Waals surface area contributed by atoms with Gasteiger partial charge in [0.25, 0.3) is 0 Å². The average molecular weight is 254 g/mol. The lowest BCUT2D eigenvalue weighted by Crippen LogP contribution is -2.29. The van der Waals surface area contributed by atoms with Gasteiger partial charge in [0, 0.05) is 23.6 Å². The number of hydrogen-bond acceptors (Lipinski definition) is 2. The van der Waals surface area contributed by atoms with Crippen LogP contribution in [0.15, 0.2) is 24.3 Å². The zero-order chi connectivity index (χ0) is 12.1. The normalized spacial score (nSPS) is 21.6. The summed E-state index contributed by atoms with van der Waals surface area (Å²) in [6, 6.07) is 8.44. The van der Waals surface area contributed by atoms with Crippen LogP contribution in [0.1, 0.15) is 31.4 Å². The first-order chi connectivity index (χ1) is 8.33. The van der Waals surface area contributed by atoms with Crippen molar-refractivity contribution >= 4 is 11.6 Å². The summed E-state index contributed by atoms with van der Waals surface area (Å²) in [5.74, 6) is 0.543. The summed E-state index contributed by atoms with van der Waals surface area (Å²) in [6.45, 7) is 4.92. The second-order valence-corrected chi connectivity index (χ2v) is 4.98. The Hall–Kier alpha value is -0.570. The van der Waals surface area contributed by atoms with Crippen molar-refractivity contribution in [3.05, 3.63) is 34.9 Å². The highest BCUT2D eigenvalue weighted by molar-refractivity contribution is 6.31. The van der Waals surface area contributed by atoms with Crippen LogP contribution >= 0.6 is 11.6 Å². The highest BCUT2D eigenvalue weighted by Crippen LogP contribution is 2.32. The maximum Gasteiger partial charge on any atom is 0.0513 e. The first-order valence-electron chi connectivity index (χ1n) is 6.38. The van der Waals surface area contributed by atoms with Gasteiger partial charge in [-0.15, -0.1) is 0 Å². The molecular formula is C14H20ClNO. The molecule has 0 radical (unpaired) electrons. The second kappa shape index (κ2) is 6.39. The molecule has 0 saturated carbocycles. The minimum Gasteiger partial charge on any atom is -0.381 e. The lowest BCUT2D eigenvalue weighted by Gasteiger charge is -2.25. The van der Waals surface area contributed by atoms with E-state index in [-0.39, 0.29) is 0 Å². The Labute approximate surface area is 108 Å². The first kappa shape index (κ1) is 12.9. The minimum atomic E-state index is 0.325. The van der Waals surface area contributed by atoms with E-state index in [0.717, 1.165) is 37.6 Å². The van der Waals surface area contributed by atoms with Gasteiger partial charge in [0.15, 0.2) is 0 Å². The van der Waals surface area contributed by atoms with Crippen molar-refractivity contribution in [3.63, 3.8) is 0 Å². The fourth-order valence-corrected chi connectivity index (χ4v) is 2.63. The second-order valence-electron chi connectivity index (χ2n) is 4.58. The van der Waals surface area contributed by atoms with Gasteiger partial charge in [-0.3, -0.25) is 0 Å². The molecule has 1 saturated heterocycles. The number of hydrogen-bond donors (Lipinski definition) is 1. The van der Waals surface area contributed by atoms with E-state index in [1.165, 1.54) is 5.56 Å². The third kappa shape index (κ3) is 3.21. The van der Waals surface area contributed by atoms with E-state index in [1.807, 2.05) is 12.1 Å². The quantitative estimate of drug-likeness (QED) is 0.868. The van der Waals surface area contributed by atoms with Crippen LogP contribution in [0.5, 0.6) is 0 Å². The van der Waals surface area contributed by atoms with Crippen molar-refractivity contribution in [3.8, 4) is 0 Å². The van der Waals surface area contributed by atoms with Crippen molar-refractivity contribution in [1.82, 2.24) is 5.32 Å². The van der Waals surface area contributed by atoms with Gasteiger partial charge in [-0.05, 0) is 31.0 Å². The Morgan fingerprint density at radius 1 is 1.47 bits per heavy atom. The predicted molar refractivity (Wildman–Crippen MR) is 71.4 cm³/mol. The molecule has 1 aliphatic heterocycles. The van der Waals surface area contributed by atoms with Gasteiger partial charge in [-0.1, -0.05) is 36.7 Å². The average Bonchev–Trinajstić information content (AvgIpc) is 2.85. The molecule has 1 fully saturated rings. The molecule has 0 spiro atoms. The van der Waals surface area contributed by atoms with E-state index in [2.05, 4.69) is 24.4 Å². The summed E-state index contributed by atoms with van der Waals surface area (Å²) < 4.78 is 5.50. The molecule has 1 aliphatic rings. The first-order valence-corrected chi connectivity index (χ1v) is 6.76. The molecule has 2 rings (SSSR count). The van der Waals surface area contributed by atoms with Gasteiger partial charge < -0.3 is 10.1 Å². The van der Waals surface area contributed by atoms with Gasteiger partial charge in [0.05, 0.1) is 6.61 Å². The summed E-state index contributed by atoms with van der Waals surface area (Å²) in [6.07, 6.45) is 2.25. The number of benzene rings is 1. The number of nitrogens with one attached hydrogen (secondary N) is 1. The molecule has 3 heteroatoms. The van der Waals surface area contributed by atoms with Crippen LogP contribution in [0, 0.1) is 5.92 Å². The third-order valence-corrected chi connectivity index (χ3v) is 3.64. The highest BCUT2D eigenvalue weighted by Gasteiger charge is 2.27. The Bertz CT molecular complexity index is 350. The van der Waals surface area contributed by atoms with E-state index in [1.54, 1.807) is 0 Å². The van der Waals surface area contributed by atoms with Gasteiger partial charge in [0.2, 0.25) is 0 Å². The van der Waals surface area contributed by atoms with Crippen LogP contribution in [-0.4, -0.2) is 19.8 Å². The molecule has 0 amide bonds. The predicted octanol–water partition coefficient (Wildman–Crippen LogP) is 3.42. The SMILES string of the molecule is CCCNC(c1ccccc1Cl)C1CCOC1. The Morgan fingerprint density at radius 2 is 2.29 bits per heavy atom. The summed E-state index contributed by atoms with van der Waals surface area (Å²) >= 11 is 6.30. The van der Waals surface area contributed by atoms with Crippen molar-refractivity contribution in [1.29, 1.82) is 0 Å². The van der Waals surface area contributed by atoms with E-state index in [0.29, 0.717) is 12.0 Å². The van der Waals surface area contributed by atoms with Gasteiger partial charge >= 0.3 is 0 Å². The van der Waals surface area contributed by atoms with Gasteiger partial charge in [-0.25, -0.2) is 0 Å². The van der Waals surface area contributed by atoms with Crippen LogP contribution in [0.3, 0.4) is 0 Å². The van der Waals surface area contributed by atoms with Crippen molar-refractivity contribution in [2.45, 2.75) is 25.8 Å². The molecule has 0 aromatic heterocycles. The molecule has 0 aliphatic carbocycles. The summed E-state index contributed by atoms with van der Waals surface area (Å²) in [4.78, 5) is 0. The van der Waals surface area contributed by atoms with Crippen LogP contribution in [0.25, 0.3) is 0 Å². The Kier molecular flexibility index (Phi) is 4.84. The van der Waals surface area contributed by atoms with Crippen molar-refractivity contribution < 1.29 is 4.74 Å². The zero-order valence-electron chi connectivity index (χ0n) is 10.3. The number of rotatable bonds is 5. The largest absolute Gasteiger partial charge is 0.381 e. The smallest absolute Gasteiger partial charge is 0.0513 e. The zero-order valence-corrected chi connectivity index (χ0v) is 11.0. The maximum absolute atomic E-state index is 6.30. The van der Waals surface area contributed by atoms with Crippen LogP contribution in [0.2, 0.25) is 5.02 Å². The van der Waals surface area contributed by atoms with E-state index >= 15 is 0 Å². The molecule has 1 aromatic rings. The molecule has 17 heavy (non-hydrogen) atoms. The van der Waals surface area contributed by atoms with Crippen LogP contribution in [-0.2, 0) is 4.74 Å². The topological polar surface area (TPSA) is 21.3 Å². The van der Waals surface area contributed by atoms with E-state index in [4.69, 9.17) is 16.3 Å². The lowest BCUT2D eigenvalue weighted by molar-refractivity contribution is 0.176. The van der Waals surface area contributed by atoms with E-state index < -0.39 is 0 Å². The minimum absolute atomic E-state index is 0.325. The fraction of sp³-hybridized carbons (Fsp3) is 0.571. The monoisotopic (exact) mass is 253 g/mol.